The number of nitrogens with one attached hydrogen (secondary N) is 2. The Morgan fingerprint density at radius 3 is 2.67 bits per heavy atom. The zero-order valence-corrected chi connectivity index (χ0v) is 14.3. The van der Waals surface area contributed by atoms with Gasteiger partial charge in [0.1, 0.15) is 11.4 Å². The summed E-state index contributed by atoms with van der Waals surface area (Å²) in [5, 5.41) is 9.27. The first-order valence-corrected chi connectivity index (χ1v) is 7.86. The first kappa shape index (κ1) is 17.7. The van der Waals surface area contributed by atoms with Crippen molar-refractivity contribution in [3.05, 3.63) is 40.9 Å². The second kappa shape index (κ2) is 7.72. The predicted octanol–water partition coefficient (Wildman–Crippen LogP) is 2.57. The van der Waals surface area contributed by atoms with Gasteiger partial charge in [0.05, 0.1) is 5.69 Å². The van der Waals surface area contributed by atoms with Crippen molar-refractivity contribution in [3.8, 4) is 0 Å². The van der Waals surface area contributed by atoms with Crippen molar-refractivity contribution in [1.29, 1.82) is 0 Å². The number of pyridine rings is 1. The van der Waals surface area contributed by atoms with Crippen LogP contribution in [0.2, 0.25) is 0 Å². The van der Waals surface area contributed by atoms with Crippen molar-refractivity contribution < 1.29 is 14.1 Å². The Morgan fingerprint density at radius 2 is 2.00 bits per heavy atom. The van der Waals surface area contributed by atoms with E-state index < -0.39 is 0 Å². The van der Waals surface area contributed by atoms with Crippen molar-refractivity contribution in [1.82, 2.24) is 15.5 Å². The van der Waals surface area contributed by atoms with E-state index >= 15 is 0 Å². The molecule has 0 aliphatic carbocycles. The molecule has 0 saturated heterocycles. The molecule has 0 spiro atoms. The lowest BCUT2D eigenvalue weighted by molar-refractivity contribution is -0.116. The van der Waals surface area contributed by atoms with E-state index in [4.69, 9.17) is 4.52 Å². The first-order valence-electron chi connectivity index (χ1n) is 7.86. The lowest BCUT2D eigenvalue weighted by atomic mass is 10.0. The lowest BCUT2D eigenvalue weighted by Gasteiger charge is -2.08. The van der Waals surface area contributed by atoms with Gasteiger partial charge in [0.25, 0.3) is 5.91 Å². The molecule has 0 radical (unpaired) electrons. The van der Waals surface area contributed by atoms with E-state index in [-0.39, 0.29) is 30.7 Å². The molecule has 0 aromatic carbocycles. The molecular formula is C17H22N4O3. The smallest absolute Gasteiger partial charge is 0.256 e. The molecule has 0 bridgehead atoms. The molecule has 2 rings (SSSR count). The van der Waals surface area contributed by atoms with E-state index in [1.807, 2.05) is 32.9 Å². The van der Waals surface area contributed by atoms with Gasteiger partial charge in [0.2, 0.25) is 5.91 Å². The van der Waals surface area contributed by atoms with Crippen LogP contribution in [0.3, 0.4) is 0 Å². The van der Waals surface area contributed by atoms with Crippen LogP contribution in [0.4, 0.5) is 5.82 Å². The largest absolute Gasteiger partial charge is 0.360 e. The minimum Gasteiger partial charge on any atom is -0.360 e. The molecule has 0 atom stereocenters. The van der Waals surface area contributed by atoms with Crippen LogP contribution in [0.15, 0.2) is 22.7 Å². The van der Waals surface area contributed by atoms with E-state index in [0.717, 1.165) is 5.69 Å². The van der Waals surface area contributed by atoms with Crippen LogP contribution in [-0.2, 0) is 4.79 Å². The van der Waals surface area contributed by atoms with Gasteiger partial charge in [0, 0.05) is 24.6 Å². The molecule has 7 heteroatoms. The number of nitrogens with zero attached hydrogens (tertiary/aromatic N) is 2. The van der Waals surface area contributed by atoms with Gasteiger partial charge in [-0.2, -0.15) is 0 Å². The molecule has 0 aliphatic heterocycles. The van der Waals surface area contributed by atoms with Crippen LogP contribution in [0.1, 0.15) is 53.7 Å². The second-order valence-corrected chi connectivity index (χ2v) is 5.88. The molecule has 2 heterocycles. The fraction of sp³-hybridized carbons (Fsp3) is 0.412. The summed E-state index contributed by atoms with van der Waals surface area (Å²) < 4.78 is 5.20. The van der Waals surface area contributed by atoms with Gasteiger partial charge in [0.15, 0.2) is 5.76 Å². The molecule has 0 aliphatic rings. The Labute approximate surface area is 140 Å². The maximum atomic E-state index is 12.3. The average molecular weight is 330 g/mol. The fourth-order valence-corrected chi connectivity index (χ4v) is 2.25. The van der Waals surface area contributed by atoms with Crippen LogP contribution in [0.25, 0.3) is 0 Å². The molecular weight excluding hydrogens is 308 g/mol. The van der Waals surface area contributed by atoms with Gasteiger partial charge in [-0.3, -0.25) is 9.59 Å². The summed E-state index contributed by atoms with van der Waals surface area (Å²) in [5.74, 6) is 0.628. The van der Waals surface area contributed by atoms with Gasteiger partial charge in [-0.05, 0) is 26.0 Å². The number of carbonyl (C=O) groups is 2. The van der Waals surface area contributed by atoms with Crippen molar-refractivity contribution in [2.75, 3.05) is 11.9 Å². The molecule has 2 N–H and O–H groups in total. The highest BCUT2D eigenvalue weighted by molar-refractivity contribution is 5.97. The zero-order chi connectivity index (χ0) is 17.7. The Bertz CT molecular complexity index is 737. The number of hydrogen-bond acceptors (Lipinski definition) is 5. The Hall–Kier alpha value is -2.70. The minimum absolute atomic E-state index is 0.0580. The molecule has 2 aromatic heterocycles. The maximum absolute atomic E-state index is 12.3. The molecule has 24 heavy (non-hydrogen) atoms. The number of aryl methyl sites for hydroxylation is 2. The van der Waals surface area contributed by atoms with Crippen LogP contribution < -0.4 is 10.6 Å². The van der Waals surface area contributed by atoms with Crippen molar-refractivity contribution >= 4 is 17.6 Å². The second-order valence-electron chi connectivity index (χ2n) is 5.88. The summed E-state index contributed by atoms with van der Waals surface area (Å²) in [4.78, 5) is 28.4. The van der Waals surface area contributed by atoms with Crippen LogP contribution in [-0.4, -0.2) is 28.5 Å². The third kappa shape index (κ3) is 4.41. The molecule has 0 unspecified atom stereocenters. The number of aromatic nitrogens is 2. The van der Waals surface area contributed by atoms with Crippen molar-refractivity contribution in [2.24, 2.45) is 0 Å². The van der Waals surface area contributed by atoms with E-state index in [1.165, 1.54) is 0 Å². The summed E-state index contributed by atoms with van der Waals surface area (Å²) >= 11 is 0. The topological polar surface area (TPSA) is 97.1 Å². The quantitative estimate of drug-likeness (QED) is 0.848. The number of hydrogen-bond donors (Lipinski definition) is 2. The van der Waals surface area contributed by atoms with Gasteiger partial charge >= 0.3 is 0 Å². The average Bonchev–Trinajstić information content (AvgIpc) is 2.89. The first-order chi connectivity index (χ1) is 11.4. The molecule has 2 amide bonds. The molecule has 7 nitrogen and oxygen atoms in total. The summed E-state index contributed by atoms with van der Waals surface area (Å²) in [6.45, 7) is 7.65. The summed E-state index contributed by atoms with van der Waals surface area (Å²) in [7, 11) is 0. The molecule has 2 aromatic rings. The van der Waals surface area contributed by atoms with E-state index in [9.17, 15) is 9.59 Å². The number of carbonyl (C=O) groups excluding carboxylic acids is 2. The van der Waals surface area contributed by atoms with Gasteiger partial charge < -0.3 is 15.2 Å². The third-order valence-electron chi connectivity index (χ3n) is 3.43. The highest BCUT2D eigenvalue weighted by Crippen LogP contribution is 2.21. The molecule has 0 saturated carbocycles. The summed E-state index contributed by atoms with van der Waals surface area (Å²) in [5.41, 5.74) is 1.82. The molecule has 0 fully saturated rings. The van der Waals surface area contributed by atoms with Crippen LogP contribution in [0.5, 0.6) is 0 Å². The Kier molecular flexibility index (Phi) is 5.68. The van der Waals surface area contributed by atoms with Crippen molar-refractivity contribution in [3.63, 3.8) is 0 Å². The third-order valence-corrected chi connectivity index (χ3v) is 3.43. The van der Waals surface area contributed by atoms with Gasteiger partial charge in [-0.1, -0.05) is 25.1 Å². The minimum atomic E-state index is -0.279. The zero-order valence-electron chi connectivity index (χ0n) is 14.3. The van der Waals surface area contributed by atoms with Gasteiger partial charge in [-0.25, -0.2) is 4.98 Å². The maximum Gasteiger partial charge on any atom is 0.256 e. The van der Waals surface area contributed by atoms with Crippen LogP contribution in [0, 0.1) is 13.8 Å². The summed E-state index contributed by atoms with van der Waals surface area (Å²) in [6, 6.07) is 5.39. The predicted molar refractivity (Wildman–Crippen MR) is 89.9 cm³/mol. The highest BCUT2D eigenvalue weighted by Gasteiger charge is 2.22. The normalized spacial score (nSPS) is 10.7. The Morgan fingerprint density at radius 1 is 1.25 bits per heavy atom. The Balaban J connectivity index is 1.87. The van der Waals surface area contributed by atoms with E-state index in [2.05, 4.69) is 20.8 Å². The highest BCUT2D eigenvalue weighted by atomic mass is 16.5. The fourth-order valence-electron chi connectivity index (χ4n) is 2.25. The van der Waals surface area contributed by atoms with Gasteiger partial charge in [-0.15, -0.1) is 0 Å². The SMILES string of the molecule is Cc1cccc(NC(=O)CCNC(=O)c2c(C)noc2C(C)C)n1. The summed E-state index contributed by atoms with van der Waals surface area (Å²) in [6.07, 6.45) is 0.155. The standard InChI is InChI=1S/C17H22N4O3/c1-10(2)16-15(12(4)21-24-16)17(23)18-9-8-14(22)20-13-7-5-6-11(3)19-13/h5-7,10H,8-9H2,1-4H3,(H,18,23)(H,19,20,22). The number of rotatable bonds is 6. The van der Waals surface area contributed by atoms with E-state index in [0.29, 0.717) is 22.8 Å². The van der Waals surface area contributed by atoms with Crippen molar-refractivity contribution in [2.45, 2.75) is 40.0 Å². The number of anilines is 1. The lowest BCUT2D eigenvalue weighted by Crippen LogP contribution is -2.28. The van der Waals surface area contributed by atoms with E-state index in [1.54, 1.807) is 13.0 Å². The number of amides is 2. The monoisotopic (exact) mass is 330 g/mol. The molecule has 128 valence electrons. The van der Waals surface area contributed by atoms with Crippen LogP contribution >= 0.6 is 0 Å².